The molecule has 2 aromatic carbocycles. The fourth-order valence-electron chi connectivity index (χ4n) is 1.88. The Morgan fingerprint density at radius 1 is 1.09 bits per heavy atom. The van der Waals surface area contributed by atoms with Crippen LogP contribution < -0.4 is 16.4 Å². The van der Waals surface area contributed by atoms with E-state index >= 15 is 0 Å². The summed E-state index contributed by atoms with van der Waals surface area (Å²) in [5, 5.41) is 5.13. The minimum absolute atomic E-state index is 0.0812. The van der Waals surface area contributed by atoms with E-state index < -0.39 is 15.9 Å². The second kappa shape index (κ2) is 6.48. The van der Waals surface area contributed by atoms with Gasteiger partial charge in [-0.25, -0.2) is 13.2 Å². The van der Waals surface area contributed by atoms with E-state index in [9.17, 15) is 13.2 Å². The van der Waals surface area contributed by atoms with Gasteiger partial charge in [0, 0.05) is 6.54 Å². The van der Waals surface area contributed by atoms with Crippen molar-refractivity contribution in [3.8, 4) is 0 Å². The van der Waals surface area contributed by atoms with Crippen LogP contribution in [0.1, 0.15) is 6.92 Å². The summed E-state index contributed by atoms with van der Waals surface area (Å²) in [5.41, 5.74) is 6.38. The average molecular weight is 319 g/mol. The Labute approximate surface area is 129 Å². The van der Waals surface area contributed by atoms with Crippen LogP contribution in [-0.4, -0.2) is 21.0 Å². The number of benzene rings is 2. The quantitative estimate of drug-likeness (QED) is 0.752. The molecule has 0 aliphatic rings. The first-order valence-electron chi connectivity index (χ1n) is 6.69. The fraction of sp³-hybridized carbons (Fsp3) is 0.133. The SMILES string of the molecule is CCNC(=O)Nc1ccc(S(=O)(=O)c2ccccc2)cc1N. The van der Waals surface area contributed by atoms with Crippen molar-refractivity contribution in [3.63, 3.8) is 0 Å². The van der Waals surface area contributed by atoms with E-state index in [2.05, 4.69) is 10.6 Å². The van der Waals surface area contributed by atoms with Crippen LogP contribution in [0.4, 0.5) is 16.2 Å². The number of amides is 2. The van der Waals surface area contributed by atoms with Crippen LogP contribution in [0.15, 0.2) is 58.3 Å². The molecule has 0 aliphatic carbocycles. The molecule has 0 radical (unpaired) electrons. The lowest BCUT2D eigenvalue weighted by Gasteiger charge is -2.11. The van der Waals surface area contributed by atoms with Gasteiger partial charge in [-0.15, -0.1) is 0 Å². The van der Waals surface area contributed by atoms with Crippen LogP contribution in [0.2, 0.25) is 0 Å². The number of nitrogens with two attached hydrogens (primary N) is 1. The van der Waals surface area contributed by atoms with Crippen molar-refractivity contribution in [2.24, 2.45) is 0 Å². The van der Waals surface area contributed by atoms with Crippen molar-refractivity contribution in [2.45, 2.75) is 16.7 Å². The lowest BCUT2D eigenvalue weighted by molar-refractivity contribution is 0.252. The zero-order valence-electron chi connectivity index (χ0n) is 12.0. The number of hydrogen-bond donors (Lipinski definition) is 3. The Hall–Kier alpha value is -2.54. The maximum Gasteiger partial charge on any atom is 0.319 e. The molecule has 7 heteroatoms. The first-order valence-corrected chi connectivity index (χ1v) is 8.18. The summed E-state index contributed by atoms with van der Waals surface area (Å²) < 4.78 is 24.9. The van der Waals surface area contributed by atoms with Gasteiger partial charge in [-0.1, -0.05) is 18.2 Å². The predicted molar refractivity (Wildman–Crippen MR) is 85.4 cm³/mol. The van der Waals surface area contributed by atoms with Crippen molar-refractivity contribution >= 4 is 27.2 Å². The van der Waals surface area contributed by atoms with Crippen LogP contribution in [0.5, 0.6) is 0 Å². The Morgan fingerprint density at radius 3 is 2.36 bits per heavy atom. The molecule has 2 rings (SSSR count). The third kappa shape index (κ3) is 3.37. The van der Waals surface area contributed by atoms with Gasteiger partial charge in [0.15, 0.2) is 0 Å². The Balaban J connectivity index is 2.32. The molecular formula is C15H17N3O3S. The lowest BCUT2D eigenvalue weighted by Crippen LogP contribution is -2.28. The van der Waals surface area contributed by atoms with Crippen molar-refractivity contribution in [1.82, 2.24) is 5.32 Å². The smallest absolute Gasteiger partial charge is 0.319 e. The van der Waals surface area contributed by atoms with Gasteiger partial charge in [-0.2, -0.15) is 0 Å². The molecule has 4 N–H and O–H groups in total. The number of anilines is 2. The second-order valence-electron chi connectivity index (χ2n) is 4.55. The van der Waals surface area contributed by atoms with E-state index in [4.69, 9.17) is 5.73 Å². The summed E-state index contributed by atoms with van der Waals surface area (Å²) in [7, 11) is -3.63. The molecule has 0 heterocycles. The molecule has 0 atom stereocenters. The molecule has 0 saturated heterocycles. The minimum Gasteiger partial charge on any atom is -0.397 e. The lowest BCUT2D eigenvalue weighted by atomic mass is 10.3. The monoisotopic (exact) mass is 319 g/mol. The summed E-state index contributed by atoms with van der Waals surface area (Å²) in [6.45, 7) is 2.27. The van der Waals surface area contributed by atoms with Crippen LogP contribution in [0.25, 0.3) is 0 Å². The third-order valence-electron chi connectivity index (χ3n) is 2.97. The van der Waals surface area contributed by atoms with E-state index in [1.54, 1.807) is 25.1 Å². The zero-order valence-corrected chi connectivity index (χ0v) is 12.9. The Morgan fingerprint density at radius 2 is 1.77 bits per heavy atom. The highest BCUT2D eigenvalue weighted by Gasteiger charge is 2.18. The normalized spacial score (nSPS) is 11.0. The maximum atomic E-state index is 12.5. The molecule has 0 spiro atoms. The molecule has 2 aromatic rings. The van der Waals surface area contributed by atoms with Crippen molar-refractivity contribution in [2.75, 3.05) is 17.6 Å². The van der Waals surface area contributed by atoms with Crippen molar-refractivity contribution in [3.05, 3.63) is 48.5 Å². The molecule has 116 valence electrons. The Kier molecular flexibility index (Phi) is 4.67. The van der Waals surface area contributed by atoms with Gasteiger partial charge in [0.2, 0.25) is 9.84 Å². The topological polar surface area (TPSA) is 101 Å². The van der Waals surface area contributed by atoms with E-state index in [1.165, 1.54) is 30.3 Å². The number of hydrogen-bond acceptors (Lipinski definition) is 4. The average Bonchev–Trinajstić information content (AvgIpc) is 2.50. The van der Waals surface area contributed by atoms with Gasteiger partial charge in [-0.05, 0) is 37.3 Å². The molecule has 6 nitrogen and oxygen atoms in total. The molecule has 2 amide bonds. The standard InChI is InChI=1S/C15H17N3O3S/c1-2-17-15(19)18-14-9-8-12(10-13(14)16)22(20,21)11-6-4-3-5-7-11/h3-10H,2,16H2,1H3,(H2,17,18,19). The number of carbonyl (C=O) groups excluding carboxylic acids is 1. The number of nitrogen functional groups attached to an aromatic ring is 1. The number of rotatable bonds is 4. The molecular weight excluding hydrogens is 302 g/mol. The molecule has 0 aliphatic heterocycles. The van der Waals surface area contributed by atoms with Gasteiger partial charge in [0.1, 0.15) is 0 Å². The summed E-state index contributed by atoms with van der Waals surface area (Å²) in [4.78, 5) is 11.7. The zero-order chi connectivity index (χ0) is 16.2. The van der Waals surface area contributed by atoms with Gasteiger partial charge in [0.25, 0.3) is 0 Å². The molecule has 0 aromatic heterocycles. The van der Waals surface area contributed by atoms with Crippen molar-refractivity contribution < 1.29 is 13.2 Å². The third-order valence-corrected chi connectivity index (χ3v) is 4.74. The summed E-state index contributed by atoms with van der Waals surface area (Å²) in [5.74, 6) is 0. The highest BCUT2D eigenvalue weighted by atomic mass is 32.2. The highest BCUT2D eigenvalue weighted by Crippen LogP contribution is 2.26. The van der Waals surface area contributed by atoms with Gasteiger partial charge in [0.05, 0.1) is 21.2 Å². The summed E-state index contributed by atoms with van der Waals surface area (Å²) in [6.07, 6.45) is 0. The van der Waals surface area contributed by atoms with Crippen LogP contribution in [0, 0.1) is 0 Å². The van der Waals surface area contributed by atoms with E-state index in [-0.39, 0.29) is 15.5 Å². The highest BCUT2D eigenvalue weighted by molar-refractivity contribution is 7.91. The fourth-order valence-corrected chi connectivity index (χ4v) is 3.20. The number of sulfone groups is 1. The number of nitrogens with one attached hydrogen (secondary N) is 2. The van der Waals surface area contributed by atoms with Gasteiger partial charge >= 0.3 is 6.03 Å². The largest absolute Gasteiger partial charge is 0.397 e. The molecule has 0 bridgehead atoms. The minimum atomic E-state index is -3.63. The van der Waals surface area contributed by atoms with E-state index in [0.29, 0.717) is 12.2 Å². The first kappa shape index (κ1) is 15.8. The van der Waals surface area contributed by atoms with Gasteiger partial charge in [-0.3, -0.25) is 0 Å². The predicted octanol–water partition coefficient (Wildman–Crippen LogP) is 2.24. The van der Waals surface area contributed by atoms with Crippen LogP contribution >= 0.6 is 0 Å². The van der Waals surface area contributed by atoms with Gasteiger partial charge < -0.3 is 16.4 Å². The summed E-state index contributed by atoms with van der Waals surface area (Å²) >= 11 is 0. The number of urea groups is 1. The second-order valence-corrected chi connectivity index (χ2v) is 6.50. The molecule has 0 fully saturated rings. The molecule has 0 unspecified atom stereocenters. The molecule has 0 saturated carbocycles. The van der Waals surface area contributed by atoms with Crippen molar-refractivity contribution in [1.29, 1.82) is 0 Å². The van der Waals surface area contributed by atoms with E-state index in [1.807, 2.05) is 0 Å². The van der Waals surface area contributed by atoms with Crippen LogP contribution in [0.3, 0.4) is 0 Å². The Bertz CT molecular complexity index is 774. The number of carbonyl (C=O) groups is 1. The summed E-state index contributed by atoms with van der Waals surface area (Å²) in [6, 6.07) is 11.9. The maximum absolute atomic E-state index is 12.5. The molecule has 22 heavy (non-hydrogen) atoms. The van der Waals surface area contributed by atoms with E-state index in [0.717, 1.165) is 0 Å². The first-order chi connectivity index (χ1) is 10.4. The van der Waals surface area contributed by atoms with Crippen LogP contribution in [-0.2, 0) is 9.84 Å².